The zero-order valence-corrected chi connectivity index (χ0v) is 17.4. The minimum atomic E-state index is -4.49. The zero-order valence-electron chi connectivity index (χ0n) is 16.5. The number of nitrogens with zero attached hydrogens (tertiary/aromatic N) is 1. The van der Waals surface area contributed by atoms with Crippen molar-refractivity contribution in [1.82, 2.24) is 9.62 Å². The van der Waals surface area contributed by atoms with E-state index in [9.17, 15) is 26.4 Å². The first kappa shape index (κ1) is 22.9. The van der Waals surface area contributed by atoms with Gasteiger partial charge in [-0.3, -0.25) is 4.79 Å². The van der Waals surface area contributed by atoms with Crippen LogP contribution in [-0.4, -0.2) is 32.2 Å². The van der Waals surface area contributed by atoms with E-state index in [4.69, 9.17) is 0 Å². The molecule has 0 aromatic heterocycles. The Bertz CT molecular complexity index is 1000. The number of carbonyl (C=O) groups is 1. The van der Waals surface area contributed by atoms with Crippen LogP contribution < -0.4 is 5.32 Å². The van der Waals surface area contributed by atoms with E-state index in [1.54, 1.807) is 13.0 Å². The third-order valence-electron chi connectivity index (χ3n) is 4.64. The van der Waals surface area contributed by atoms with Crippen molar-refractivity contribution in [1.29, 1.82) is 0 Å². The predicted octanol–water partition coefficient (Wildman–Crippen LogP) is 3.82. The predicted molar refractivity (Wildman–Crippen MR) is 104 cm³/mol. The fourth-order valence-electron chi connectivity index (χ4n) is 2.70. The largest absolute Gasteiger partial charge is 0.416 e. The standard InChI is InChI=1S/C20H23F3N2O3S/c1-13-8-9-18(10-14(13)2)29(27,28)25(4)12-19(26)24-15(3)16-6-5-7-17(11-16)20(21,22)23/h5-11,15H,12H2,1-4H3,(H,24,26). The molecular formula is C20H23F3N2O3S. The van der Waals surface area contributed by atoms with Gasteiger partial charge in [0.1, 0.15) is 0 Å². The van der Waals surface area contributed by atoms with Crippen LogP contribution in [0.5, 0.6) is 0 Å². The van der Waals surface area contributed by atoms with Crippen LogP contribution in [-0.2, 0) is 21.0 Å². The summed E-state index contributed by atoms with van der Waals surface area (Å²) in [6, 6.07) is 8.60. The number of nitrogens with one attached hydrogen (secondary N) is 1. The highest BCUT2D eigenvalue weighted by atomic mass is 32.2. The Morgan fingerprint density at radius 3 is 2.34 bits per heavy atom. The maximum Gasteiger partial charge on any atom is 0.416 e. The second-order valence-corrected chi connectivity index (χ2v) is 8.96. The molecule has 1 unspecified atom stereocenters. The van der Waals surface area contributed by atoms with Gasteiger partial charge in [-0.15, -0.1) is 0 Å². The highest BCUT2D eigenvalue weighted by Crippen LogP contribution is 2.30. The fourth-order valence-corrected chi connectivity index (χ4v) is 3.91. The Hall–Kier alpha value is -2.39. The first-order valence-corrected chi connectivity index (χ1v) is 10.3. The quantitative estimate of drug-likeness (QED) is 0.761. The van der Waals surface area contributed by atoms with E-state index in [1.807, 2.05) is 6.92 Å². The molecule has 0 fully saturated rings. The Labute approximate surface area is 168 Å². The fraction of sp³-hybridized carbons (Fsp3) is 0.350. The molecule has 1 atom stereocenters. The Morgan fingerprint density at radius 1 is 1.10 bits per heavy atom. The minimum Gasteiger partial charge on any atom is -0.348 e. The summed E-state index contributed by atoms with van der Waals surface area (Å²) in [7, 11) is -2.60. The molecule has 0 radical (unpaired) electrons. The van der Waals surface area contributed by atoms with Crippen molar-refractivity contribution in [3.05, 3.63) is 64.7 Å². The molecule has 0 aliphatic rings. The number of likely N-dealkylation sites (N-methyl/N-ethyl adjacent to an activating group) is 1. The number of hydrogen-bond donors (Lipinski definition) is 1. The van der Waals surface area contributed by atoms with E-state index in [0.717, 1.165) is 27.6 Å². The number of halogens is 3. The summed E-state index contributed by atoms with van der Waals surface area (Å²) in [5, 5.41) is 2.54. The molecule has 29 heavy (non-hydrogen) atoms. The van der Waals surface area contributed by atoms with Crippen LogP contribution in [0.4, 0.5) is 13.2 Å². The molecule has 0 saturated carbocycles. The van der Waals surface area contributed by atoms with Gasteiger partial charge < -0.3 is 5.32 Å². The Balaban J connectivity index is 2.09. The number of alkyl halides is 3. The zero-order chi connectivity index (χ0) is 22.0. The second kappa shape index (κ2) is 8.54. The third kappa shape index (κ3) is 5.57. The van der Waals surface area contributed by atoms with Crippen molar-refractivity contribution in [3.63, 3.8) is 0 Å². The van der Waals surface area contributed by atoms with E-state index < -0.39 is 40.3 Å². The SMILES string of the molecule is Cc1ccc(S(=O)(=O)N(C)CC(=O)NC(C)c2cccc(C(F)(F)F)c2)cc1C. The van der Waals surface area contributed by atoms with E-state index in [2.05, 4.69) is 5.32 Å². The molecule has 2 aromatic rings. The summed E-state index contributed by atoms with van der Waals surface area (Å²) < 4.78 is 64.8. The maximum atomic E-state index is 12.9. The van der Waals surface area contributed by atoms with Crippen LogP contribution in [0.25, 0.3) is 0 Å². The van der Waals surface area contributed by atoms with Gasteiger partial charge in [0.25, 0.3) is 0 Å². The van der Waals surface area contributed by atoms with Crippen LogP contribution in [0, 0.1) is 13.8 Å². The van der Waals surface area contributed by atoms with Gasteiger partial charge in [-0.05, 0) is 61.7 Å². The van der Waals surface area contributed by atoms with E-state index >= 15 is 0 Å². The van der Waals surface area contributed by atoms with Gasteiger partial charge in [0.2, 0.25) is 15.9 Å². The summed E-state index contributed by atoms with van der Waals surface area (Å²) >= 11 is 0. The Kier molecular flexibility index (Phi) is 6.74. The van der Waals surface area contributed by atoms with Gasteiger partial charge in [-0.25, -0.2) is 8.42 Å². The molecular weight excluding hydrogens is 405 g/mol. The van der Waals surface area contributed by atoms with Crippen molar-refractivity contribution in [2.24, 2.45) is 0 Å². The van der Waals surface area contributed by atoms with Crippen LogP contribution >= 0.6 is 0 Å². The number of hydrogen-bond acceptors (Lipinski definition) is 3. The lowest BCUT2D eigenvalue weighted by atomic mass is 10.0. The van der Waals surface area contributed by atoms with Gasteiger partial charge in [0.05, 0.1) is 23.0 Å². The molecule has 2 aromatic carbocycles. The summed E-state index contributed by atoms with van der Waals surface area (Å²) in [6.07, 6.45) is -4.49. The number of amides is 1. The molecule has 158 valence electrons. The lowest BCUT2D eigenvalue weighted by Crippen LogP contribution is -2.39. The number of sulfonamides is 1. The molecule has 0 spiro atoms. The normalized spacial score (nSPS) is 13.4. The Morgan fingerprint density at radius 2 is 1.76 bits per heavy atom. The van der Waals surface area contributed by atoms with Gasteiger partial charge in [-0.1, -0.05) is 18.2 Å². The highest BCUT2D eigenvalue weighted by Gasteiger charge is 2.31. The molecule has 2 rings (SSSR count). The van der Waals surface area contributed by atoms with Crippen molar-refractivity contribution in [2.75, 3.05) is 13.6 Å². The summed E-state index contributed by atoms with van der Waals surface area (Å²) in [4.78, 5) is 12.3. The summed E-state index contributed by atoms with van der Waals surface area (Å²) in [5.41, 5.74) is 1.21. The first-order chi connectivity index (χ1) is 13.3. The smallest absolute Gasteiger partial charge is 0.348 e. The molecule has 0 aliphatic heterocycles. The van der Waals surface area contributed by atoms with E-state index in [1.165, 1.54) is 38.2 Å². The molecule has 1 amide bonds. The van der Waals surface area contributed by atoms with Crippen LogP contribution in [0.1, 0.15) is 35.2 Å². The molecule has 0 heterocycles. The minimum absolute atomic E-state index is 0.0711. The number of benzene rings is 2. The number of aryl methyl sites for hydroxylation is 2. The molecule has 0 bridgehead atoms. The lowest BCUT2D eigenvalue weighted by molar-refractivity contribution is -0.137. The van der Waals surface area contributed by atoms with E-state index in [0.29, 0.717) is 0 Å². The molecule has 5 nitrogen and oxygen atoms in total. The van der Waals surface area contributed by atoms with Crippen LogP contribution in [0.15, 0.2) is 47.4 Å². The summed E-state index contributed by atoms with van der Waals surface area (Å²) in [5.74, 6) is -0.621. The molecule has 9 heteroatoms. The van der Waals surface area contributed by atoms with Gasteiger partial charge in [0, 0.05) is 7.05 Å². The third-order valence-corrected chi connectivity index (χ3v) is 6.44. The molecule has 0 aliphatic carbocycles. The average molecular weight is 428 g/mol. The summed E-state index contributed by atoms with van der Waals surface area (Å²) in [6.45, 7) is 4.72. The van der Waals surface area contributed by atoms with Crippen molar-refractivity contribution in [2.45, 2.75) is 37.9 Å². The number of rotatable bonds is 6. The lowest BCUT2D eigenvalue weighted by Gasteiger charge is -2.20. The van der Waals surface area contributed by atoms with Gasteiger partial charge in [-0.2, -0.15) is 17.5 Å². The van der Waals surface area contributed by atoms with Crippen LogP contribution in [0.2, 0.25) is 0 Å². The average Bonchev–Trinajstić information content (AvgIpc) is 2.63. The van der Waals surface area contributed by atoms with E-state index in [-0.39, 0.29) is 10.5 Å². The van der Waals surface area contributed by atoms with Crippen LogP contribution in [0.3, 0.4) is 0 Å². The maximum absolute atomic E-state index is 12.9. The van der Waals surface area contributed by atoms with Crippen molar-refractivity contribution >= 4 is 15.9 Å². The topological polar surface area (TPSA) is 66.5 Å². The van der Waals surface area contributed by atoms with Gasteiger partial charge >= 0.3 is 6.18 Å². The van der Waals surface area contributed by atoms with Crippen molar-refractivity contribution in [3.8, 4) is 0 Å². The number of carbonyl (C=O) groups excluding carboxylic acids is 1. The first-order valence-electron chi connectivity index (χ1n) is 8.82. The van der Waals surface area contributed by atoms with Gasteiger partial charge in [0.15, 0.2) is 0 Å². The second-order valence-electron chi connectivity index (χ2n) is 6.92. The molecule has 0 saturated heterocycles. The molecule has 1 N–H and O–H groups in total. The highest BCUT2D eigenvalue weighted by molar-refractivity contribution is 7.89. The monoisotopic (exact) mass is 428 g/mol. The van der Waals surface area contributed by atoms with Crippen molar-refractivity contribution < 1.29 is 26.4 Å².